The molecule has 1 aromatic heterocycles. The molecule has 0 fully saturated rings. The normalized spacial score (nSPS) is 11.2. The summed E-state index contributed by atoms with van der Waals surface area (Å²) >= 11 is 0. The van der Waals surface area contributed by atoms with Gasteiger partial charge in [-0.3, -0.25) is 4.79 Å². The van der Waals surface area contributed by atoms with Crippen LogP contribution in [0, 0.1) is 6.92 Å². The zero-order valence-corrected chi connectivity index (χ0v) is 17.5. The first kappa shape index (κ1) is 20.4. The second-order valence-corrected chi connectivity index (χ2v) is 7.35. The van der Waals surface area contributed by atoms with E-state index in [0.717, 1.165) is 33.4 Å². The van der Waals surface area contributed by atoms with Gasteiger partial charge in [-0.05, 0) is 48.4 Å². The van der Waals surface area contributed by atoms with Crippen molar-refractivity contribution in [2.45, 2.75) is 13.3 Å². The second kappa shape index (κ2) is 8.84. The molecule has 0 spiro atoms. The van der Waals surface area contributed by atoms with Crippen LogP contribution in [0.15, 0.2) is 84.9 Å². The van der Waals surface area contributed by atoms with Gasteiger partial charge in [0, 0.05) is 34.8 Å². The summed E-state index contributed by atoms with van der Waals surface area (Å²) in [4.78, 5) is 24.9. The highest BCUT2D eigenvalue weighted by Gasteiger charge is 2.21. The van der Waals surface area contributed by atoms with E-state index in [4.69, 9.17) is 0 Å². The Morgan fingerprint density at radius 2 is 1.61 bits per heavy atom. The molecule has 31 heavy (non-hydrogen) atoms. The monoisotopic (exact) mass is 409 g/mol. The Kier molecular flexibility index (Phi) is 5.80. The Morgan fingerprint density at radius 1 is 0.935 bits per heavy atom. The molecule has 4 aromatic rings. The number of carbonyl (C=O) groups is 2. The van der Waals surface area contributed by atoms with Crippen LogP contribution < -0.4 is 0 Å². The minimum atomic E-state index is -0.418. The van der Waals surface area contributed by atoms with Gasteiger partial charge >= 0.3 is 5.97 Å². The molecule has 3 aromatic carbocycles. The van der Waals surface area contributed by atoms with Crippen molar-refractivity contribution in [3.05, 3.63) is 107 Å². The van der Waals surface area contributed by atoms with E-state index in [1.165, 1.54) is 13.2 Å². The molecule has 0 N–H and O–H groups in total. The van der Waals surface area contributed by atoms with Crippen molar-refractivity contribution in [3.63, 3.8) is 0 Å². The zero-order valence-electron chi connectivity index (χ0n) is 17.5. The van der Waals surface area contributed by atoms with Crippen molar-refractivity contribution in [1.82, 2.24) is 4.57 Å². The van der Waals surface area contributed by atoms with Gasteiger partial charge in [0.25, 0.3) is 0 Å². The maximum Gasteiger partial charge on any atom is 0.330 e. The third kappa shape index (κ3) is 4.19. The number of ketones is 1. The van der Waals surface area contributed by atoms with E-state index in [1.807, 2.05) is 85.8 Å². The van der Waals surface area contributed by atoms with E-state index in [9.17, 15) is 9.59 Å². The van der Waals surface area contributed by atoms with E-state index in [1.54, 1.807) is 6.08 Å². The molecule has 0 atom stereocenters. The van der Waals surface area contributed by atoms with Crippen molar-refractivity contribution in [2.24, 2.45) is 0 Å². The fourth-order valence-corrected chi connectivity index (χ4v) is 3.90. The lowest BCUT2D eigenvalue weighted by molar-refractivity contribution is -0.134. The number of benzene rings is 3. The fraction of sp³-hybridized carbons (Fsp3) is 0.111. The van der Waals surface area contributed by atoms with Crippen LogP contribution in [0.5, 0.6) is 0 Å². The van der Waals surface area contributed by atoms with E-state index in [2.05, 4.69) is 9.30 Å². The number of carbonyl (C=O) groups excluding carboxylic acids is 2. The molecule has 0 bridgehead atoms. The van der Waals surface area contributed by atoms with Gasteiger partial charge in [0.15, 0.2) is 5.78 Å². The number of aromatic nitrogens is 1. The van der Waals surface area contributed by atoms with E-state index in [-0.39, 0.29) is 5.78 Å². The second-order valence-electron chi connectivity index (χ2n) is 7.35. The number of nitrogens with zero attached hydrogens (tertiary/aromatic N) is 1. The molecule has 154 valence electrons. The largest absolute Gasteiger partial charge is 0.466 e. The van der Waals surface area contributed by atoms with Gasteiger partial charge in [-0.1, -0.05) is 54.6 Å². The number of rotatable bonds is 6. The van der Waals surface area contributed by atoms with E-state index < -0.39 is 5.97 Å². The standard InChI is InChI=1S/C27H23NO3/c1-19-27(25(29)18-20-9-5-3-6-10-20)23-17-21(14-16-26(30)31-2)13-15-24(23)28(19)22-11-7-4-8-12-22/h3-17H,18H2,1-2H3. The molecular formula is C27H23NO3. The van der Waals surface area contributed by atoms with Crippen molar-refractivity contribution < 1.29 is 14.3 Å². The summed E-state index contributed by atoms with van der Waals surface area (Å²) in [6, 6.07) is 25.7. The summed E-state index contributed by atoms with van der Waals surface area (Å²) in [7, 11) is 1.35. The number of methoxy groups -OCH3 is 1. The summed E-state index contributed by atoms with van der Waals surface area (Å²) in [6.45, 7) is 1.98. The lowest BCUT2D eigenvalue weighted by Gasteiger charge is -2.08. The van der Waals surface area contributed by atoms with Gasteiger partial charge in [-0.25, -0.2) is 4.79 Å². The van der Waals surface area contributed by atoms with Crippen molar-refractivity contribution >= 4 is 28.7 Å². The first-order chi connectivity index (χ1) is 15.1. The number of Topliss-reactive ketones (excluding diaryl/α,β-unsaturated/α-hetero) is 1. The van der Waals surface area contributed by atoms with Gasteiger partial charge in [-0.15, -0.1) is 0 Å². The van der Waals surface area contributed by atoms with Crippen LogP contribution in [-0.4, -0.2) is 23.4 Å². The molecule has 0 aliphatic heterocycles. The van der Waals surface area contributed by atoms with Gasteiger partial charge in [0.2, 0.25) is 0 Å². The summed E-state index contributed by atoms with van der Waals surface area (Å²) in [6.07, 6.45) is 3.41. The molecule has 4 heteroatoms. The molecule has 4 nitrogen and oxygen atoms in total. The Balaban J connectivity index is 1.87. The predicted octanol–water partition coefficient (Wildman–Crippen LogP) is 5.55. The third-order valence-electron chi connectivity index (χ3n) is 5.34. The highest BCUT2D eigenvalue weighted by Crippen LogP contribution is 2.31. The van der Waals surface area contributed by atoms with Gasteiger partial charge in [-0.2, -0.15) is 0 Å². The molecule has 1 heterocycles. The van der Waals surface area contributed by atoms with Crippen molar-refractivity contribution in [2.75, 3.05) is 7.11 Å². The van der Waals surface area contributed by atoms with Gasteiger partial charge < -0.3 is 9.30 Å². The highest BCUT2D eigenvalue weighted by molar-refractivity contribution is 6.11. The average molecular weight is 409 g/mol. The highest BCUT2D eigenvalue weighted by atomic mass is 16.5. The maximum atomic E-state index is 13.4. The van der Waals surface area contributed by atoms with Crippen LogP contribution in [0.25, 0.3) is 22.7 Å². The van der Waals surface area contributed by atoms with Crippen LogP contribution >= 0.6 is 0 Å². The minimum absolute atomic E-state index is 0.0671. The number of ether oxygens (including phenoxy) is 1. The summed E-state index contributed by atoms with van der Waals surface area (Å²) in [5, 5.41) is 0.870. The Bertz CT molecular complexity index is 1270. The van der Waals surface area contributed by atoms with Crippen molar-refractivity contribution in [3.8, 4) is 5.69 Å². The fourth-order valence-electron chi connectivity index (χ4n) is 3.90. The van der Waals surface area contributed by atoms with Crippen LogP contribution in [0.3, 0.4) is 0 Å². The Hall–Kier alpha value is -3.92. The number of fused-ring (bicyclic) bond motifs is 1. The van der Waals surface area contributed by atoms with Crippen LogP contribution in [-0.2, 0) is 16.0 Å². The molecule has 0 aliphatic rings. The molecule has 0 unspecified atom stereocenters. The molecule has 0 saturated heterocycles. The molecule has 0 aliphatic carbocycles. The zero-order chi connectivity index (χ0) is 21.8. The maximum absolute atomic E-state index is 13.4. The molecule has 0 saturated carbocycles. The lowest BCUT2D eigenvalue weighted by Crippen LogP contribution is -2.06. The van der Waals surface area contributed by atoms with Crippen LogP contribution in [0.2, 0.25) is 0 Å². The third-order valence-corrected chi connectivity index (χ3v) is 5.34. The average Bonchev–Trinajstić information content (AvgIpc) is 3.09. The number of esters is 1. The first-order valence-electron chi connectivity index (χ1n) is 10.1. The van der Waals surface area contributed by atoms with Gasteiger partial charge in [0.05, 0.1) is 12.6 Å². The van der Waals surface area contributed by atoms with Crippen LogP contribution in [0.1, 0.15) is 27.2 Å². The Morgan fingerprint density at radius 3 is 2.29 bits per heavy atom. The quantitative estimate of drug-likeness (QED) is 0.238. The molecule has 4 rings (SSSR count). The predicted molar refractivity (Wildman–Crippen MR) is 124 cm³/mol. The van der Waals surface area contributed by atoms with Crippen LogP contribution in [0.4, 0.5) is 0 Å². The Labute approximate surface area is 181 Å². The van der Waals surface area contributed by atoms with Crippen molar-refractivity contribution in [1.29, 1.82) is 0 Å². The van der Waals surface area contributed by atoms with E-state index >= 15 is 0 Å². The smallest absolute Gasteiger partial charge is 0.330 e. The number of para-hydroxylation sites is 1. The van der Waals surface area contributed by atoms with Gasteiger partial charge in [0.1, 0.15) is 0 Å². The summed E-state index contributed by atoms with van der Waals surface area (Å²) < 4.78 is 6.80. The first-order valence-corrected chi connectivity index (χ1v) is 10.1. The molecular weight excluding hydrogens is 386 g/mol. The molecule has 0 radical (unpaired) electrons. The summed E-state index contributed by atoms with van der Waals surface area (Å²) in [5.41, 5.74) is 5.37. The SMILES string of the molecule is COC(=O)C=Cc1ccc2c(c1)c(C(=O)Cc1ccccc1)c(C)n2-c1ccccc1. The number of hydrogen-bond donors (Lipinski definition) is 0. The lowest BCUT2D eigenvalue weighted by atomic mass is 9.99. The summed E-state index contributed by atoms with van der Waals surface area (Å²) in [5.74, 6) is -0.351. The minimum Gasteiger partial charge on any atom is -0.466 e. The molecule has 0 amide bonds. The topological polar surface area (TPSA) is 48.3 Å². The van der Waals surface area contributed by atoms with E-state index in [0.29, 0.717) is 12.0 Å². The number of hydrogen-bond acceptors (Lipinski definition) is 3.